The molecule has 29 heavy (non-hydrogen) atoms. The van der Waals surface area contributed by atoms with Gasteiger partial charge in [-0.1, -0.05) is 12.1 Å². The molecule has 1 saturated heterocycles. The van der Waals surface area contributed by atoms with Gasteiger partial charge < -0.3 is 9.64 Å². The molecule has 1 aromatic carbocycles. The van der Waals surface area contributed by atoms with Crippen LogP contribution in [-0.2, 0) is 25.7 Å². The van der Waals surface area contributed by atoms with E-state index in [1.165, 1.54) is 6.26 Å². The van der Waals surface area contributed by atoms with Crippen LogP contribution in [0.15, 0.2) is 29.3 Å². The van der Waals surface area contributed by atoms with E-state index in [2.05, 4.69) is 16.8 Å². The SMILES string of the molecule is C[C@@H]1COCCN1c1cc(C2(S(C)(=O)=O)CC2)nc(-c2cccc3c2CC=N3)n1. The molecule has 0 spiro atoms. The summed E-state index contributed by atoms with van der Waals surface area (Å²) in [4.78, 5) is 16.3. The lowest BCUT2D eigenvalue weighted by Gasteiger charge is -2.34. The summed E-state index contributed by atoms with van der Waals surface area (Å²) >= 11 is 0. The van der Waals surface area contributed by atoms with E-state index in [0.29, 0.717) is 37.6 Å². The normalized spacial score (nSPS) is 22.6. The molecule has 8 heteroatoms. The first-order valence-corrected chi connectivity index (χ1v) is 11.9. The Balaban J connectivity index is 1.69. The average Bonchev–Trinajstić information content (AvgIpc) is 3.39. The average molecular weight is 413 g/mol. The molecule has 7 nitrogen and oxygen atoms in total. The number of ether oxygens (including phenoxy) is 1. The van der Waals surface area contributed by atoms with Gasteiger partial charge in [0.1, 0.15) is 10.6 Å². The van der Waals surface area contributed by atoms with E-state index >= 15 is 0 Å². The highest BCUT2D eigenvalue weighted by atomic mass is 32.2. The largest absolute Gasteiger partial charge is 0.377 e. The van der Waals surface area contributed by atoms with Gasteiger partial charge >= 0.3 is 0 Å². The molecule has 0 amide bonds. The summed E-state index contributed by atoms with van der Waals surface area (Å²) in [6.07, 6.45) is 5.15. The van der Waals surface area contributed by atoms with E-state index in [9.17, 15) is 8.42 Å². The van der Waals surface area contributed by atoms with Gasteiger partial charge in [-0.3, -0.25) is 4.99 Å². The van der Waals surface area contributed by atoms with Crippen molar-refractivity contribution in [2.75, 3.05) is 30.9 Å². The van der Waals surface area contributed by atoms with Crippen LogP contribution >= 0.6 is 0 Å². The third-order valence-corrected chi connectivity index (χ3v) is 8.21. The number of sulfone groups is 1. The Morgan fingerprint density at radius 2 is 2.07 bits per heavy atom. The van der Waals surface area contributed by atoms with Crippen molar-refractivity contribution in [2.24, 2.45) is 4.99 Å². The zero-order valence-corrected chi connectivity index (χ0v) is 17.4. The van der Waals surface area contributed by atoms with E-state index in [4.69, 9.17) is 14.7 Å². The third-order valence-electron chi connectivity index (χ3n) is 6.17. The molecule has 0 unspecified atom stereocenters. The Bertz CT molecular complexity index is 1110. The predicted octanol–water partition coefficient (Wildman–Crippen LogP) is 2.66. The van der Waals surface area contributed by atoms with Crippen LogP contribution in [0.1, 0.15) is 31.0 Å². The molecular weight excluding hydrogens is 388 g/mol. The monoisotopic (exact) mass is 412 g/mol. The molecule has 1 atom stereocenters. The lowest BCUT2D eigenvalue weighted by Crippen LogP contribution is -2.44. The van der Waals surface area contributed by atoms with E-state index in [-0.39, 0.29) is 6.04 Å². The zero-order valence-electron chi connectivity index (χ0n) is 16.6. The summed E-state index contributed by atoms with van der Waals surface area (Å²) in [7, 11) is -3.27. The summed E-state index contributed by atoms with van der Waals surface area (Å²) < 4.78 is 29.9. The molecule has 2 aliphatic heterocycles. The van der Waals surface area contributed by atoms with E-state index in [1.54, 1.807) is 0 Å². The molecule has 2 aromatic rings. The number of fused-ring (bicyclic) bond motifs is 1. The van der Waals surface area contributed by atoms with Crippen molar-refractivity contribution in [3.8, 4) is 11.4 Å². The van der Waals surface area contributed by atoms with Gasteiger partial charge in [-0.15, -0.1) is 0 Å². The van der Waals surface area contributed by atoms with Crippen LogP contribution in [0.3, 0.4) is 0 Å². The molecule has 0 N–H and O–H groups in total. The van der Waals surface area contributed by atoms with Crippen LogP contribution < -0.4 is 4.90 Å². The lowest BCUT2D eigenvalue weighted by atomic mass is 10.0. The summed E-state index contributed by atoms with van der Waals surface area (Å²) in [6.45, 7) is 4.07. The highest BCUT2D eigenvalue weighted by molar-refractivity contribution is 7.91. The standard InChI is InChI=1S/C21H24N4O3S/c1-14-13-28-11-10-25(14)19-12-18(21(7-8-21)29(2,26)27)23-20(24-19)16-4-3-5-17-15(16)6-9-22-17/h3-5,9,12,14H,6-8,10-11,13H2,1-2H3/t14-/m1/s1. The zero-order chi connectivity index (χ0) is 20.2. The number of anilines is 1. The van der Waals surface area contributed by atoms with Gasteiger partial charge in [0.25, 0.3) is 0 Å². The second-order valence-corrected chi connectivity index (χ2v) is 10.5. The molecule has 152 valence electrons. The number of morpholine rings is 1. The minimum atomic E-state index is -3.27. The predicted molar refractivity (Wildman–Crippen MR) is 113 cm³/mol. The summed E-state index contributed by atoms with van der Waals surface area (Å²) in [5, 5.41) is 0. The van der Waals surface area contributed by atoms with Crippen molar-refractivity contribution < 1.29 is 13.2 Å². The molecule has 1 aliphatic carbocycles. The molecule has 2 fully saturated rings. The van der Waals surface area contributed by atoms with E-state index in [0.717, 1.165) is 35.6 Å². The first kappa shape index (κ1) is 18.7. The number of aromatic nitrogens is 2. The number of aliphatic imine (C=N–C) groups is 1. The second kappa shape index (κ2) is 6.60. The van der Waals surface area contributed by atoms with Gasteiger partial charge in [0.2, 0.25) is 0 Å². The fourth-order valence-electron chi connectivity index (χ4n) is 4.29. The van der Waals surface area contributed by atoms with Crippen LogP contribution in [0.5, 0.6) is 0 Å². The molecule has 3 heterocycles. The maximum Gasteiger partial charge on any atom is 0.162 e. The van der Waals surface area contributed by atoms with Crippen LogP contribution in [0.25, 0.3) is 11.4 Å². The van der Waals surface area contributed by atoms with Crippen molar-refractivity contribution in [3.63, 3.8) is 0 Å². The summed E-state index contributed by atoms with van der Waals surface area (Å²) in [6, 6.07) is 7.97. The number of hydrogen-bond acceptors (Lipinski definition) is 7. The lowest BCUT2D eigenvalue weighted by molar-refractivity contribution is 0.0985. The van der Waals surface area contributed by atoms with Crippen LogP contribution in [0.2, 0.25) is 0 Å². The Hall–Kier alpha value is -2.32. The van der Waals surface area contributed by atoms with Crippen LogP contribution in [-0.4, -0.2) is 56.7 Å². The minimum absolute atomic E-state index is 0.164. The fourth-order valence-corrected chi connectivity index (χ4v) is 5.62. The Morgan fingerprint density at radius 1 is 1.24 bits per heavy atom. The van der Waals surface area contributed by atoms with Gasteiger partial charge in [0.15, 0.2) is 15.7 Å². The Morgan fingerprint density at radius 3 is 2.79 bits per heavy atom. The molecule has 3 aliphatic rings. The number of rotatable bonds is 4. The highest BCUT2D eigenvalue weighted by Crippen LogP contribution is 2.52. The summed E-state index contributed by atoms with van der Waals surface area (Å²) in [5.41, 5.74) is 3.56. The molecule has 1 saturated carbocycles. The Labute approximate surface area is 170 Å². The van der Waals surface area contributed by atoms with Crippen LogP contribution in [0.4, 0.5) is 11.5 Å². The van der Waals surface area contributed by atoms with Crippen molar-refractivity contribution in [2.45, 2.75) is 37.0 Å². The topological polar surface area (TPSA) is 84.8 Å². The van der Waals surface area contributed by atoms with Crippen molar-refractivity contribution >= 4 is 27.6 Å². The number of nitrogens with zero attached hydrogens (tertiary/aromatic N) is 4. The molecule has 5 rings (SSSR count). The quantitative estimate of drug-likeness (QED) is 0.768. The van der Waals surface area contributed by atoms with Crippen molar-refractivity contribution in [3.05, 3.63) is 35.5 Å². The molecule has 0 radical (unpaired) electrons. The summed E-state index contributed by atoms with van der Waals surface area (Å²) in [5.74, 6) is 1.35. The maximum atomic E-state index is 12.6. The first-order chi connectivity index (χ1) is 13.9. The highest BCUT2D eigenvalue weighted by Gasteiger charge is 2.55. The third kappa shape index (κ3) is 3.05. The van der Waals surface area contributed by atoms with Gasteiger partial charge in [-0.2, -0.15) is 0 Å². The molecule has 1 aromatic heterocycles. The van der Waals surface area contributed by atoms with Crippen molar-refractivity contribution in [1.29, 1.82) is 0 Å². The van der Waals surface area contributed by atoms with Crippen LogP contribution in [0, 0.1) is 0 Å². The smallest absolute Gasteiger partial charge is 0.162 e. The van der Waals surface area contributed by atoms with Gasteiger partial charge in [-0.25, -0.2) is 18.4 Å². The minimum Gasteiger partial charge on any atom is -0.377 e. The first-order valence-electron chi connectivity index (χ1n) is 9.97. The molecule has 0 bridgehead atoms. The van der Waals surface area contributed by atoms with E-state index < -0.39 is 14.6 Å². The maximum absolute atomic E-state index is 12.6. The fraction of sp³-hybridized carbons (Fsp3) is 0.476. The van der Waals surface area contributed by atoms with Gasteiger partial charge in [0, 0.05) is 37.1 Å². The second-order valence-electron chi connectivity index (χ2n) is 8.14. The van der Waals surface area contributed by atoms with Gasteiger partial charge in [0.05, 0.1) is 30.6 Å². The Kier molecular flexibility index (Phi) is 4.25. The molecular formula is C21H24N4O3S. The number of hydrogen-bond donors (Lipinski definition) is 0. The van der Waals surface area contributed by atoms with Crippen molar-refractivity contribution in [1.82, 2.24) is 9.97 Å². The number of benzene rings is 1. The van der Waals surface area contributed by atoms with Gasteiger partial charge in [-0.05, 0) is 31.4 Å². The van der Waals surface area contributed by atoms with E-state index in [1.807, 2.05) is 30.5 Å².